The van der Waals surface area contributed by atoms with Crippen LogP contribution in [0, 0.1) is 0 Å². The molecule has 1 aromatic carbocycles. The summed E-state index contributed by atoms with van der Waals surface area (Å²) in [6.07, 6.45) is -0.683. The van der Waals surface area contributed by atoms with Gasteiger partial charge in [0.2, 0.25) is 5.91 Å². The molecule has 1 unspecified atom stereocenters. The number of para-hydroxylation sites is 2. The molecule has 1 atom stereocenters. The van der Waals surface area contributed by atoms with Gasteiger partial charge in [0.25, 0.3) is 5.91 Å². The minimum Gasteiger partial charge on any atom is -0.478 e. The zero-order valence-corrected chi connectivity index (χ0v) is 11.9. The Morgan fingerprint density at radius 2 is 2.00 bits per heavy atom. The molecule has 2 heterocycles. The van der Waals surface area contributed by atoms with Gasteiger partial charge in [-0.05, 0) is 12.1 Å². The van der Waals surface area contributed by atoms with E-state index in [0.29, 0.717) is 32.1 Å². The van der Waals surface area contributed by atoms with Crippen molar-refractivity contribution in [3.8, 4) is 5.75 Å². The second kappa shape index (κ2) is 5.73. The quantitative estimate of drug-likeness (QED) is 0.803. The van der Waals surface area contributed by atoms with Gasteiger partial charge in [0, 0.05) is 20.1 Å². The first kappa shape index (κ1) is 13.9. The summed E-state index contributed by atoms with van der Waals surface area (Å²) in [6.45, 7) is 2.25. The summed E-state index contributed by atoms with van der Waals surface area (Å²) in [4.78, 5) is 27.8. The van der Waals surface area contributed by atoms with Crippen molar-refractivity contribution >= 4 is 17.5 Å². The third-order valence-electron chi connectivity index (χ3n) is 3.83. The van der Waals surface area contributed by atoms with Gasteiger partial charge >= 0.3 is 0 Å². The van der Waals surface area contributed by atoms with Gasteiger partial charge in [-0.3, -0.25) is 9.59 Å². The molecule has 1 fully saturated rings. The van der Waals surface area contributed by atoms with Crippen LogP contribution >= 0.6 is 0 Å². The van der Waals surface area contributed by atoms with Gasteiger partial charge in [0.15, 0.2) is 6.10 Å². The van der Waals surface area contributed by atoms with Crippen molar-refractivity contribution < 1.29 is 19.1 Å². The average molecular weight is 290 g/mol. The molecular formula is C15H18N2O4. The number of benzene rings is 1. The molecule has 2 aliphatic heterocycles. The fourth-order valence-corrected chi connectivity index (χ4v) is 2.60. The van der Waals surface area contributed by atoms with E-state index in [1.54, 1.807) is 16.8 Å². The lowest BCUT2D eigenvalue weighted by atomic mass is 10.1. The molecule has 0 bridgehead atoms. The van der Waals surface area contributed by atoms with Gasteiger partial charge in [0.05, 0.1) is 25.3 Å². The van der Waals surface area contributed by atoms with Crippen LogP contribution in [0.4, 0.5) is 5.69 Å². The van der Waals surface area contributed by atoms with Crippen LogP contribution in [0.25, 0.3) is 0 Å². The predicted molar refractivity (Wildman–Crippen MR) is 76.3 cm³/mol. The maximum atomic E-state index is 12.3. The average Bonchev–Trinajstić information content (AvgIpc) is 2.53. The highest BCUT2D eigenvalue weighted by Crippen LogP contribution is 2.33. The summed E-state index contributed by atoms with van der Waals surface area (Å²) in [6, 6.07) is 7.34. The lowest BCUT2D eigenvalue weighted by Crippen LogP contribution is -2.48. The Morgan fingerprint density at radius 1 is 1.29 bits per heavy atom. The molecule has 1 saturated heterocycles. The second-order valence-corrected chi connectivity index (χ2v) is 5.17. The first-order valence-electron chi connectivity index (χ1n) is 7.05. The molecule has 0 aromatic heterocycles. The summed E-state index contributed by atoms with van der Waals surface area (Å²) >= 11 is 0. The number of amides is 2. The van der Waals surface area contributed by atoms with Crippen molar-refractivity contribution in [1.82, 2.24) is 4.90 Å². The SMILES string of the molecule is CN1C(=O)C(CC(=O)N2CCOCC2)Oc2ccccc21. The van der Waals surface area contributed by atoms with E-state index in [1.807, 2.05) is 24.3 Å². The first-order valence-corrected chi connectivity index (χ1v) is 7.05. The standard InChI is InChI=1S/C15H18N2O4/c1-16-11-4-2-3-5-12(11)21-13(15(16)19)10-14(18)17-6-8-20-9-7-17/h2-5,13H,6-10H2,1H3. The van der Waals surface area contributed by atoms with E-state index < -0.39 is 6.10 Å². The Hall–Kier alpha value is -2.08. The summed E-state index contributed by atoms with van der Waals surface area (Å²) in [5, 5.41) is 0. The maximum Gasteiger partial charge on any atom is 0.268 e. The van der Waals surface area contributed by atoms with Crippen LogP contribution in [0.1, 0.15) is 6.42 Å². The third kappa shape index (κ3) is 2.71. The lowest BCUT2D eigenvalue weighted by molar-refractivity contribution is -0.140. The van der Waals surface area contributed by atoms with Crippen molar-refractivity contribution in [1.29, 1.82) is 0 Å². The summed E-state index contributed by atoms with van der Waals surface area (Å²) in [5.74, 6) is 0.388. The van der Waals surface area contributed by atoms with Gasteiger partial charge < -0.3 is 19.3 Å². The van der Waals surface area contributed by atoms with Crippen LogP contribution < -0.4 is 9.64 Å². The minimum atomic E-state index is -0.750. The van der Waals surface area contributed by atoms with Gasteiger partial charge in [0.1, 0.15) is 5.75 Å². The van der Waals surface area contributed by atoms with E-state index in [4.69, 9.17) is 9.47 Å². The third-order valence-corrected chi connectivity index (χ3v) is 3.83. The first-order chi connectivity index (χ1) is 10.2. The molecule has 3 rings (SSSR count). The molecule has 1 aromatic rings. The molecule has 0 N–H and O–H groups in total. The molecular weight excluding hydrogens is 272 g/mol. The normalized spacial score (nSPS) is 21.8. The van der Waals surface area contributed by atoms with Crippen molar-refractivity contribution in [3.63, 3.8) is 0 Å². The van der Waals surface area contributed by atoms with Crippen LogP contribution in [-0.4, -0.2) is 56.2 Å². The molecule has 0 radical (unpaired) electrons. The largest absolute Gasteiger partial charge is 0.478 e. The number of hydrogen-bond donors (Lipinski definition) is 0. The summed E-state index contributed by atoms with van der Waals surface area (Å²) in [5.41, 5.74) is 0.734. The Kier molecular flexibility index (Phi) is 3.79. The highest BCUT2D eigenvalue weighted by atomic mass is 16.5. The number of ether oxygens (including phenoxy) is 2. The molecule has 0 spiro atoms. The number of anilines is 1. The van der Waals surface area contributed by atoms with Gasteiger partial charge in [-0.2, -0.15) is 0 Å². The number of carbonyl (C=O) groups excluding carboxylic acids is 2. The molecule has 2 aliphatic rings. The van der Waals surface area contributed by atoms with Gasteiger partial charge in [-0.15, -0.1) is 0 Å². The molecule has 112 valence electrons. The monoisotopic (exact) mass is 290 g/mol. The topological polar surface area (TPSA) is 59.1 Å². The summed E-state index contributed by atoms with van der Waals surface area (Å²) in [7, 11) is 1.70. The molecule has 0 saturated carbocycles. The predicted octanol–water partition coefficient (Wildman–Crippen LogP) is 0.659. The van der Waals surface area contributed by atoms with E-state index in [0.717, 1.165) is 5.69 Å². The zero-order valence-electron chi connectivity index (χ0n) is 11.9. The van der Waals surface area contributed by atoms with Crippen molar-refractivity contribution in [2.45, 2.75) is 12.5 Å². The molecule has 6 heteroatoms. The number of likely N-dealkylation sites (N-methyl/N-ethyl adjacent to an activating group) is 1. The molecule has 6 nitrogen and oxygen atoms in total. The summed E-state index contributed by atoms with van der Waals surface area (Å²) < 4.78 is 10.9. The minimum absolute atomic E-state index is 0.0653. The van der Waals surface area contributed by atoms with E-state index in [9.17, 15) is 9.59 Å². The van der Waals surface area contributed by atoms with Crippen LogP contribution in [-0.2, 0) is 14.3 Å². The van der Waals surface area contributed by atoms with Crippen LogP contribution in [0.2, 0.25) is 0 Å². The Labute approximate surface area is 123 Å². The second-order valence-electron chi connectivity index (χ2n) is 5.17. The molecule has 2 amide bonds. The van der Waals surface area contributed by atoms with E-state index >= 15 is 0 Å². The number of fused-ring (bicyclic) bond motifs is 1. The van der Waals surface area contributed by atoms with Crippen LogP contribution in [0.5, 0.6) is 5.75 Å². The lowest BCUT2D eigenvalue weighted by Gasteiger charge is -2.33. The van der Waals surface area contributed by atoms with Crippen molar-refractivity contribution in [3.05, 3.63) is 24.3 Å². The van der Waals surface area contributed by atoms with E-state index in [1.165, 1.54) is 0 Å². The fraction of sp³-hybridized carbons (Fsp3) is 0.467. The Bertz CT molecular complexity index is 554. The van der Waals surface area contributed by atoms with Gasteiger partial charge in [-0.1, -0.05) is 12.1 Å². The van der Waals surface area contributed by atoms with E-state index in [-0.39, 0.29) is 18.2 Å². The smallest absolute Gasteiger partial charge is 0.268 e. The number of hydrogen-bond acceptors (Lipinski definition) is 4. The fourth-order valence-electron chi connectivity index (χ4n) is 2.60. The van der Waals surface area contributed by atoms with Crippen LogP contribution in [0.15, 0.2) is 24.3 Å². The highest BCUT2D eigenvalue weighted by molar-refractivity contribution is 6.01. The Balaban J connectivity index is 1.71. The van der Waals surface area contributed by atoms with Gasteiger partial charge in [-0.25, -0.2) is 0 Å². The molecule has 21 heavy (non-hydrogen) atoms. The van der Waals surface area contributed by atoms with Crippen molar-refractivity contribution in [2.75, 3.05) is 38.3 Å². The number of rotatable bonds is 2. The van der Waals surface area contributed by atoms with E-state index in [2.05, 4.69) is 0 Å². The maximum absolute atomic E-state index is 12.3. The number of carbonyl (C=O) groups is 2. The number of morpholine rings is 1. The van der Waals surface area contributed by atoms with Crippen LogP contribution in [0.3, 0.4) is 0 Å². The highest BCUT2D eigenvalue weighted by Gasteiger charge is 2.34. The zero-order chi connectivity index (χ0) is 14.8. The number of nitrogens with zero attached hydrogens (tertiary/aromatic N) is 2. The van der Waals surface area contributed by atoms with Crippen molar-refractivity contribution in [2.24, 2.45) is 0 Å². The Morgan fingerprint density at radius 3 is 2.76 bits per heavy atom. The molecule has 0 aliphatic carbocycles.